The number of esters is 2. The van der Waals surface area contributed by atoms with Gasteiger partial charge in [-0.3, -0.25) is 15.3 Å². The average Bonchev–Trinajstić information content (AvgIpc) is 3.52. The highest BCUT2D eigenvalue weighted by Gasteiger charge is 2.68. The number of piperidine rings is 1. The Balaban J connectivity index is 1.24. The summed E-state index contributed by atoms with van der Waals surface area (Å²) >= 11 is 0. The van der Waals surface area contributed by atoms with E-state index in [9.17, 15) is 24.6 Å². The molecule has 14 heteroatoms. The highest BCUT2D eigenvalue weighted by atomic mass is 33.1. The first-order valence-corrected chi connectivity index (χ1v) is 23.5. The summed E-state index contributed by atoms with van der Waals surface area (Å²) < 4.78 is 20.5. The molecule has 8 N–H and O–H groups in total. The van der Waals surface area contributed by atoms with Gasteiger partial charge in [-0.15, -0.1) is 0 Å². The summed E-state index contributed by atoms with van der Waals surface area (Å²) in [7, 11) is 5.84. The highest BCUT2D eigenvalue weighted by molar-refractivity contribution is 8.76. The molecule has 55 heavy (non-hydrogen) atoms. The maximum absolute atomic E-state index is 14.2. The fraction of sp³-hybridized carbons (Fsp3) is 0.829. The molecule has 308 valence electrons. The minimum Gasteiger partial charge on any atom is -0.462 e. The Kier molecular flexibility index (Phi) is 13.0. The lowest BCUT2D eigenvalue weighted by atomic mass is 9.56. The number of hydrogen-bond donors (Lipinski definition) is 5. The number of nitrogens with zero attached hydrogens (tertiary/aromatic N) is 1. The van der Waals surface area contributed by atoms with Crippen molar-refractivity contribution >= 4 is 39.4 Å². The zero-order valence-corrected chi connectivity index (χ0v) is 34.9. The zero-order chi connectivity index (χ0) is 39.1. The van der Waals surface area contributed by atoms with Crippen molar-refractivity contribution in [2.75, 3.05) is 51.4 Å². The third-order valence-corrected chi connectivity index (χ3v) is 17.2. The Bertz CT molecular complexity index is 1500. The van der Waals surface area contributed by atoms with Crippen LogP contribution in [0.5, 0.6) is 0 Å². The van der Waals surface area contributed by atoms with Crippen LogP contribution in [0.4, 0.5) is 0 Å². The van der Waals surface area contributed by atoms with E-state index in [1.165, 1.54) is 5.57 Å². The fourth-order valence-corrected chi connectivity index (χ4v) is 14.2. The molecule has 1 spiro atoms. The Labute approximate surface area is 334 Å². The Morgan fingerprint density at radius 2 is 2.00 bits per heavy atom. The van der Waals surface area contributed by atoms with Gasteiger partial charge in [0, 0.05) is 80.3 Å². The van der Waals surface area contributed by atoms with Crippen LogP contribution in [0, 0.1) is 47.3 Å². The number of fused-ring (bicyclic) bond motifs is 7. The van der Waals surface area contributed by atoms with Crippen LogP contribution < -0.4 is 16.4 Å². The molecule has 5 aliphatic heterocycles. The monoisotopic (exact) mass is 806 g/mol. The second-order valence-corrected chi connectivity index (χ2v) is 20.6. The van der Waals surface area contributed by atoms with Gasteiger partial charge < -0.3 is 40.0 Å². The van der Waals surface area contributed by atoms with Crippen molar-refractivity contribution in [1.29, 1.82) is 0 Å². The number of rotatable bonds is 9. The topological polar surface area (TPSA) is 182 Å². The minimum atomic E-state index is -0.982. The van der Waals surface area contributed by atoms with E-state index in [-0.39, 0.29) is 96.9 Å². The molecule has 0 aromatic carbocycles. The van der Waals surface area contributed by atoms with Gasteiger partial charge in [0.25, 0.3) is 0 Å². The standard InChI is InChI=1S/C41H64N4O8S2/c1-5-23(2)38(49)53-40(3)8-6-25-21-54-55-22-32-30(17-43-4)19-45(32)36(48)13-29-18-44-35(42)14-31(29)37(25)41(40)16-28-12-26-11-27(10-24(20-47)7-9-46)39(50)51-33(26)15-34(28)52-41/h5-6,24,26-35,37,43-44,46-47H,7-22,42H2,1-4H3/p+2/t24-,26?,27?,28?,29?,30+,31?,32+,33?,34?,35?,37+,40+,41+/m1/s1. The molecule has 1 amide bonds. The molecule has 0 bridgehead atoms. The second kappa shape index (κ2) is 17.3. The SMILES string of the molecule is CC=C(C)C(=O)O[C@@]1(C)CC=C2CSSC[C@H]3[C@@H](C[NH2+]C)CN3C(=O)CC3C[NH2+]C(N)CC3[C@H]2[C@@]12CC1CC3CC(C[C@H](CO)CCO)C(=O)OC3CC1O2. The van der Waals surface area contributed by atoms with Crippen LogP contribution in [0.15, 0.2) is 23.3 Å². The van der Waals surface area contributed by atoms with E-state index in [0.717, 1.165) is 44.0 Å². The number of hydrogen-bond acceptors (Lipinski definition) is 11. The normalized spacial score (nSPS) is 42.5. The van der Waals surface area contributed by atoms with Crippen LogP contribution in [-0.2, 0) is 28.6 Å². The fourth-order valence-electron chi connectivity index (χ4n) is 11.6. The molecule has 12 nitrogen and oxygen atoms in total. The van der Waals surface area contributed by atoms with Crippen molar-refractivity contribution in [3.63, 3.8) is 0 Å². The zero-order valence-electron chi connectivity index (χ0n) is 33.2. The number of nitrogens with two attached hydrogens (primary N) is 3. The lowest BCUT2D eigenvalue weighted by Crippen LogP contribution is -2.96. The number of allylic oxidation sites excluding steroid dienone is 1. The lowest BCUT2D eigenvalue weighted by molar-refractivity contribution is -0.706. The van der Waals surface area contributed by atoms with E-state index in [1.807, 2.05) is 28.5 Å². The summed E-state index contributed by atoms with van der Waals surface area (Å²) in [5.74, 6) is 1.82. The average molecular weight is 807 g/mol. The molecule has 5 heterocycles. The minimum absolute atomic E-state index is 0.0239. The van der Waals surface area contributed by atoms with E-state index >= 15 is 0 Å². The molecular weight excluding hydrogens is 741 g/mol. The summed E-state index contributed by atoms with van der Waals surface area (Å²) in [6.07, 6.45) is 9.12. The summed E-state index contributed by atoms with van der Waals surface area (Å²) in [6.45, 7) is 8.24. The van der Waals surface area contributed by atoms with Gasteiger partial charge >= 0.3 is 11.9 Å². The van der Waals surface area contributed by atoms with Gasteiger partial charge in [-0.1, -0.05) is 39.3 Å². The maximum Gasteiger partial charge on any atom is 0.334 e. The summed E-state index contributed by atoms with van der Waals surface area (Å²) in [4.78, 5) is 43.5. The van der Waals surface area contributed by atoms with Crippen molar-refractivity contribution in [2.45, 2.75) is 114 Å². The lowest BCUT2D eigenvalue weighted by Gasteiger charge is -2.56. The predicted molar refractivity (Wildman–Crippen MR) is 211 cm³/mol. The number of carbonyl (C=O) groups is 3. The second-order valence-electron chi connectivity index (χ2n) is 18.1. The van der Waals surface area contributed by atoms with Crippen LogP contribution in [0.1, 0.15) is 78.6 Å². The molecule has 0 aromatic heterocycles. The van der Waals surface area contributed by atoms with Gasteiger partial charge in [-0.25, -0.2) is 4.79 Å². The number of amides is 1. The van der Waals surface area contributed by atoms with Gasteiger partial charge in [0.15, 0.2) is 0 Å². The number of ether oxygens (including phenoxy) is 3. The number of quaternary nitrogens is 2. The highest BCUT2D eigenvalue weighted by Crippen LogP contribution is 2.62. The molecule has 14 atom stereocenters. The quantitative estimate of drug-likeness (QED) is 0.0983. The molecule has 5 saturated heterocycles. The van der Waals surface area contributed by atoms with Gasteiger partial charge in [0.05, 0.1) is 38.2 Å². The summed E-state index contributed by atoms with van der Waals surface area (Å²) in [6, 6.07) is 0.261. The molecule has 0 radical (unpaired) electrons. The van der Waals surface area contributed by atoms with Crippen molar-refractivity contribution < 1.29 is 49.4 Å². The number of carbonyl (C=O) groups excluding carboxylic acids is 3. The predicted octanol–water partition coefficient (Wildman–Crippen LogP) is 1.36. The molecular formula is C41H66N4O8S2+2. The first-order valence-electron chi connectivity index (χ1n) is 21.0. The summed E-state index contributed by atoms with van der Waals surface area (Å²) in [5.41, 5.74) is 6.83. The van der Waals surface area contributed by atoms with Crippen LogP contribution in [0.2, 0.25) is 0 Å². The molecule has 2 aliphatic carbocycles. The van der Waals surface area contributed by atoms with Crippen molar-refractivity contribution in [3.05, 3.63) is 23.3 Å². The number of aliphatic hydroxyl groups is 2. The van der Waals surface area contributed by atoms with Gasteiger partial charge in [0.1, 0.15) is 23.5 Å². The van der Waals surface area contributed by atoms with E-state index in [0.29, 0.717) is 56.4 Å². The Hall–Kier alpha value is -1.65. The van der Waals surface area contributed by atoms with Crippen molar-refractivity contribution in [1.82, 2.24) is 4.90 Å². The third-order valence-electron chi connectivity index (χ3n) is 14.8. The first kappa shape index (κ1) is 41.5. The van der Waals surface area contributed by atoms with Crippen LogP contribution in [0.3, 0.4) is 0 Å². The van der Waals surface area contributed by atoms with Crippen LogP contribution in [-0.4, -0.2) is 120 Å². The smallest absolute Gasteiger partial charge is 0.334 e. The van der Waals surface area contributed by atoms with Crippen LogP contribution >= 0.6 is 21.6 Å². The van der Waals surface area contributed by atoms with Crippen molar-refractivity contribution in [2.24, 2.45) is 53.1 Å². The first-order chi connectivity index (χ1) is 26.4. The molecule has 1 saturated carbocycles. The van der Waals surface area contributed by atoms with Crippen molar-refractivity contribution in [3.8, 4) is 0 Å². The third kappa shape index (κ3) is 8.06. The van der Waals surface area contributed by atoms with E-state index in [1.54, 1.807) is 13.0 Å². The van der Waals surface area contributed by atoms with E-state index in [2.05, 4.69) is 35.6 Å². The molecule has 7 aliphatic rings. The Morgan fingerprint density at radius 3 is 2.75 bits per heavy atom. The van der Waals surface area contributed by atoms with E-state index in [4.69, 9.17) is 19.9 Å². The largest absolute Gasteiger partial charge is 0.462 e. The van der Waals surface area contributed by atoms with Gasteiger partial charge in [-0.05, 0) is 76.5 Å². The molecule has 8 unspecified atom stereocenters. The summed E-state index contributed by atoms with van der Waals surface area (Å²) in [5, 5.41) is 23.9. The van der Waals surface area contributed by atoms with Gasteiger partial charge in [0.2, 0.25) is 5.91 Å². The van der Waals surface area contributed by atoms with Gasteiger partial charge in [-0.2, -0.15) is 0 Å². The molecule has 6 fully saturated rings. The molecule has 7 rings (SSSR count). The maximum atomic E-state index is 14.2. The Morgan fingerprint density at radius 1 is 1.18 bits per heavy atom. The van der Waals surface area contributed by atoms with Crippen LogP contribution in [0.25, 0.3) is 0 Å². The number of aliphatic hydroxyl groups excluding tert-OH is 2. The van der Waals surface area contributed by atoms with E-state index < -0.39 is 11.2 Å². The molecule has 0 aromatic rings.